The molecular weight excluding hydrogens is 260 g/mol. The topological polar surface area (TPSA) is 86.7 Å². The summed E-state index contributed by atoms with van der Waals surface area (Å²) < 4.78 is 0. The molecule has 2 N–H and O–H groups in total. The summed E-state index contributed by atoms with van der Waals surface area (Å²) >= 11 is 0. The maximum atomic E-state index is 12.5. The van der Waals surface area contributed by atoms with Crippen LogP contribution in [0.2, 0.25) is 0 Å². The van der Waals surface area contributed by atoms with Gasteiger partial charge in [-0.2, -0.15) is 0 Å². The molecule has 0 unspecified atom stereocenters. The standard InChI is InChI=1S/C14H20N2O4/c17-11(18)7-6-10-16-12(19)14(15-13(16)20)8-4-2-1-3-5-9-14/h6-7H,1-5,8-10H2,(H,15,20)(H,17,18). The first-order valence-electron chi connectivity index (χ1n) is 7.09. The zero-order valence-electron chi connectivity index (χ0n) is 11.4. The van der Waals surface area contributed by atoms with E-state index in [1.807, 2.05) is 0 Å². The average Bonchev–Trinajstić information content (AvgIpc) is 2.59. The van der Waals surface area contributed by atoms with Crippen molar-refractivity contribution in [2.75, 3.05) is 6.54 Å². The molecule has 6 heteroatoms. The van der Waals surface area contributed by atoms with Crippen LogP contribution in [-0.4, -0.2) is 40.0 Å². The lowest BCUT2D eigenvalue weighted by Gasteiger charge is -2.28. The van der Waals surface area contributed by atoms with E-state index in [-0.39, 0.29) is 12.5 Å². The third kappa shape index (κ3) is 3.00. The van der Waals surface area contributed by atoms with Gasteiger partial charge in [0.1, 0.15) is 5.54 Å². The second-order valence-electron chi connectivity index (χ2n) is 5.44. The number of aliphatic carboxylic acids is 1. The molecule has 2 rings (SSSR count). The maximum Gasteiger partial charge on any atom is 0.328 e. The lowest BCUT2D eigenvalue weighted by atomic mass is 9.84. The highest BCUT2D eigenvalue weighted by atomic mass is 16.4. The molecule has 2 aliphatic rings. The lowest BCUT2D eigenvalue weighted by Crippen LogP contribution is -2.47. The van der Waals surface area contributed by atoms with Gasteiger partial charge in [-0.15, -0.1) is 0 Å². The molecule has 3 amide bonds. The predicted molar refractivity (Wildman–Crippen MR) is 72.1 cm³/mol. The second-order valence-corrected chi connectivity index (χ2v) is 5.44. The molecular formula is C14H20N2O4. The van der Waals surface area contributed by atoms with E-state index in [0.717, 1.165) is 36.7 Å². The van der Waals surface area contributed by atoms with Gasteiger partial charge in [0.25, 0.3) is 5.91 Å². The van der Waals surface area contributed by atoms with Crippen LogP contribution in [0.25, 0.3) is 0 Å². The van der Waals surface area contributed by atoms with Crippen LogP contribution in [0.5, 0.6) is 0 Å². The second kappa shape index (κ2) is 6.07. The number of urea groups is 1. The van der Waals surface area contributed by atoms with Gasteiger partial charge in [0, 0.05) is 12.6 Å². The number of carboxylic acids is 1. The number of nitrogens with zero attached hydrogens (tertiary/aromatic N) is 1. The van der Waals surface area contributed by atoms with Crippen LogP contribution in [-0.2, 0) is 9.59 Å². The summed E-state index contributed by atoms with van der Waals surface area (Å²) in [7, 11) is 0. The maximum absolute atomic E-state index is 12.5. The summed E-state index contributed by atoms with van der Waals surface area (Å²) in [6, 6.07) is -0.411. The molecule has 110 valence electrons. The first-order chi connectivity index (χ1) is 9.55. The van der Waals surface area contributed by atoms with Crippen molar-refractivity contribution >= 4 is 17.9 Å². The Balaban J connectivity index is 2.08. The van der Waals surface area contributed by atoms with Gasteiger partial charge >= 0.3 is 12.0 Å². The number of rotatable bonds is 3. The number of carbonyl (C=O) groups is 3. The van der Waals surface area contributed by atoms with Crippen LogP contribution in [0.15, 0.2) is 12.2 Å². The van der Waals surface area contributed by atoms with Crippen molar-refractivity contribution < 1.29 is 19.5 Å². The Morgan fingerprint density at radius 2 is 1.80 bits per heavy atom. The average molecular weight is 280 g/mol. The van der Waals surface area contributed by atoms with Crippen molar-refractivity contribution in [1.29, 1.82) is 0 Å². The normalized spacial score (nSPS) is 22.9. The molecule has 6 nitrogen and oxygen atoms in total. The summed E-state index contributed by atoms with van der Waals surface area (Å²) in [5, 5.41) is 11.4. The fraction of sp³-hybridized carbons (Fsp3) is 0.643. The molecule has 0 aromatic carbocycles. The highest BCUT2D eigenvalue weighted by Gasteiger charge is 2.49. The molecule has 0 bridgehead atoms. The quantitative estimate of drug-likeness (QED) is 0.608. The largest absolute Gasteiger partial charge is 0.478 e. The van der Waals surface area contributed by atoms with Crippen LogP contribution >= 0.6 is 0 Å². The van der Waals surface area contributed by atoms with Crippen LogP contribution in [0, 0.1) is 0 Å². The lowest BCUT2D eigenvalue weighted by molar-refractivity contribution is -0.132. The van der Waals surface area contributed by atoms with Crippen LogP contribution < -0.4 is 5.32 Å². The summed E-state index contributed by atoms with van der Waals surface area (Å²) in [5.41, 5.74) is -0.755. The first-order valence-corrected chi connectivity index (χ1v) is 7.09. The molecule has 1 spiro atoms. The third-order valence-corrected chi connectivity index (χ3v) is 4.00. The van der Waals surface area contributed by atoms with Crippen molar-refractivity contribution in [3.63, 3.8) is 0 Å². The van der Waals surface area contributed by atoms with Gasteiger partial charge in [0.2, 0.25) is 0 Å². The van der Waals surface area contributed by atoms with E-state index in [9.17, 15) is 14.4 Å². The molecule has 0 radical (unpaired) electrons. The summed E-state index contributed by atoms with van der Waals surface area (Å²) in [6.45, 7) is 0.0126. The van der Waals surface area contributed by atoms with E-state index >= 15 is 0 Å². The Labute approximate surface area is 117 Å². The van der Waals surface area contributed by atoms with Gasteiger partial charge in [-0.1, -0.05) is 38.2 Å². The molecule has 1 heterocycles. The van der Waals surface area contributed by atoms with Crippen LogP contribution in [0.4, 0.5) is 4.79 Å². The molecule has 1 saturated carbocycles. The Bertz CT molecular complexity index is 436. The Hall–Kier alpha value is -1.85. The zero-order valence-corrected chi connectivity index (χ0v) is 11.4. The summed E-state index contributed by atoms with van der Waals surface area (Å²) in [6.07, 6.45) is 8.85. The van der Waals surface area contributed by atoms with E-state index in [1.54, 1.807) is 0 Å². The minimum atomic E-state index is -1.09. The first kappa shape index (κ1) is 14.6. The van der Waals surface area contributed by atoms with Crippen molar-refractivity contribution in [3.05, 3.63) is 12.2 Å². The monoisotopic (exact) mass is 280 g/mol. The summed E-state index contributed by atoms with van der Waals surface area (Å²) in [5.74, 6) is -1.29. The van der Waals surface area contributed by atoms with Crippen molar-refractivity contribution in [1.82, 2.24) is 10.2 Å². The molecule has 1 saturated heterocycles. The molecule has 0 atom stereocenters. The Morgan fingerprint density at radius 1 is 1.20 bits per heavy atom. The molecule has 2 fully saturated rings. The van der Waals surface area contributed by atoms with E-state index in [0.29, 0.717) is 12.8 Å². The number of carbonyl (C=O) groups excluding carboxylic acids is 2. The van der Waals surface area contributed by atoms with Crippen LogP contribution in [0.3, 0.4) is 0 Å². The van der Waals surface area contributed by atoms with Gasteiger partial charge in [0.15, 0.2) is 0 Å². The van der Waals surface area contributed by atoms with E-state index in [4.69, 9.17) is 5.11 Å². The van der Waals surface area contributed by atoms with Crippen molar-refractivity contribution in [3.8, 4) is 0 Å². The number of hydrogen-bond acceptors (Lipinski definition) is 3. The number of imide groups is 1. The smallest absolute Gasteiger partial charge is 0.328 e. The number of amides is 3. The Kier molecular flexibility index (Phi) is 4.42. The fourth-order valence-electron chi connectivity index (χ4n) is 2.95. The molecule has 1 aliphatic carbocycles. The summed E-state index contributed by atoms with van der Waals surface area (Å²) in [4.78, 5) is 36.0. The highest BCUT2D eigenvalue weighted by Crippen LogP contribution is 2.31. The molecule has 20 heavy (non-hydrogen) atoms. The number of carboxylic acid groups (broad SMARTS) is 1. The van der Waals surface area contributed by atoms with Crippen molar-refractivity contribution in [2.45, 2.75) is 50.5 Å². The van der Waals surface area contributed by atoms with Crippen molar-refractivity contribution in [2.24, 2.45) is 0 Å². The van der Waals surface area contributed by atoms with Gasteiger partial charge in [0.05, 0.1) is 0 Å². The van der Waals surface area contributed by atoms with Gasteiger partial charge in [-0.05, 0) is 12.8 Å². The predicted octanol–water partition coefficient (Wildman–Crippen LogP) is 1.66. The van der Waals surface area contributed by atoms with Crippen LogP contribution in [0.1, 0.15) is 44.9 Å². The minimum Gasteiger partial charge on any atom is -0.478 e. The molecule has 0 aromatic heterocycles. The van der Waals surface area contributed by atoms with Gasteiger partial charge in [-0.25, -0.2) is 9.59 Å². The molecule has 1 aliphatic heterocycles. The zero-order chi connectivity index (χ0) is 14.6. The SMILES string of the molecule is O=C(O)C=CCN1C(=O)NC2(CCCCCCC2)C1=O. The van der Waals surface area contributed by atoms with Gasteiger partial charge < -0.3 is 10.4 Å². The van der Waals surface area contributed by atoms with E-state index < -0.39 is 17.5 Å². The number of nitrogens with one attached hydrogen (secondary N) is 1. The van der Waals surface area contributed by atoms with Gasteiger partial charge in [-0.3, -0.25) is 9.69 Å². The molecule has 0 aromatic rings. The minimum absolute atomic E-state index is 0.0126. The third-order valence-electron chi connectivity index (χ3n) is 4.00. The fourth-order valence-corrected chi connectivity index (χ4v) is 2.95. The number of hydrogen-bond donors (Lipinski definition) is 2. The highest BCUT2D eigenvalue weighted by molar-refractivity contribution is 6.07. The van der Waals surface area contributed by atoms with E-state index in [1.165, 1.54) is 12.5 Å². The Morgan fingerprint density at radius 3 is 2.40 bits per heavy atom. The van der Waals surface area contributed by atoms with E-state index in [2.05, 4.69) is 5.32 Å².